The average Bonchev–Trinajstić information content (AvgIpc) is 2.82. The van der Waals surface area contributed by atoms with Crippen LogP contribution >= 0.6 is 22.6 Å². The van der Waals surface area contributed by atoms with Crippen LogP contribution in [-0.2, 0) is 22.6 Å². The first-order chi connectivity index (χ1) is 11.0. The van der Waals surface area contributed by atoms with Gasteiger partial charge in [0.2, 0.25) is 0 Å². The Morgan fingerprint density at radius 1 is 1.04 bits per heavy atom. The molecular weight excluding hydrogens is 409 g/mol. The third-order valence-electron chi connectivity index (χ3n) is 3.50. The Balaban J connectivity index is 1.68. The number of ether oxygens (including phenoxy) is 1. The normalized spacial score (nSPS) is 12.7. The fraction of sp³-hybridized carbons (Fsp3) is 0.118. The van der Waals surface area contributed by atoms with E-state index in [9.17, 15) is 14.4 Å². The molecule has 23 heavy (non-hydrogen) atoms. The average molecular weight is 421 g/mol. The lowest BCUT2D eigenvalue weighted by Crippen LogP contribution is -2.20. The highest BCUT2D eigenvalue weighted by atomic mass is 127. The molecule has 0 unspecified atom stereocenters. The molecule has 1 aliphatic heterocycles. The van der Waals surface area contributed by atoms with Crippen molar-refractivity contribution in [2.45, 2.75) is 13.0 Å². The van der Waals surface area contributed by atoms with Gasteiger partial charge in [-0.3, -0.25) is 19.7 Å². The first-order valence-corrected chi connectivity index (χ1v) is 8.00. The third kappa shape index (κ3) is 3.42. The highest BCUT2D eigenvalue weighted by molar-refractivity contribution is 14.1. The Morgan fingerprint density at radius 3 is 2.52 bits per heavy atom. The van der Waals surface area contributed by atoms with E-state index in [1.807, 2.05) is 24.3 Å². The number of hydrogen-bond acceptors (Lipinski definition) is 4. The van der Waals surface area contributed by atoms with Gasteiger partial charge in [0, 0.05) is 3.57 Å². The molecule has 2 aromatic rings. The van der Waals surface area contributed by atoms with Crippen LogP contribution in [0.3, 0.4) is 0 Å². The third-order valence-corrected chi connectivity index (χ3v) is 4.22. The van der Waals surface area contributed by atoms with Gasteiger partial charge >= 0.3 is 5.97 Å². The van der Waals surface area contributed by atoms with Gasteiger partial charge in [-0.25, -0.2) is 0 Å². The van der Waals surface area contributed by atoms with E-state index in [2.05, 4.69) is 27.9 Å². The van der Waals surface area contributed by atoms with Crippen LogP contribution in [-0.4, -0.2) is 17.8 Å². The minimum Gasteiger partial charge on any atom is -0.461 e. The quantitative estimate of drug-likeness (QED) is 0.468. The summed E-state index contributed by atoms with van der Waals surface area (Å²) in [4.78, 5) is 35.4. The SMILES string of the molecule is O=C(Cc1cccc2c1C(=O)NC2=O)OCc1ccc(I)cc1. The molecule has 2 amide bonds. The van der Waals surface area contributed by atoms with E-state index in [1.54, 1.807) is 18.2 Å². The predicted molar refractivity (Wildman–Crippen MR) is 90.9 cm³/mol. The molecule has 0 aromatic heterocycles. The Labute approximate surface area is 146 Å². The largest absolute Gasteiger partial charge is 0.461 e. The zero-order chi connectivity index (χ0) is 16.4. The van der Waals surface area contributed by atoms with Crippen molar-refractivity contribution in [3.63, 3.8) is 0 Å². The maximum absolute atomic E-state index is 12.0. The molecule has 0 spiro atoms. The van der Waals surface area contributed by atoms with E-state index >= 15 is 0 Å². The molecule has 6 heteroatoms. The predicted octanol–water partition coefficient (Wildman–Crippen LogP) is 2.46. The van der Waals surface area contributed by atoms with Gasteiger partial charge in [-0.2, -0.15) is 0 Å². The van der Waals surface area contributed by atoms with E-state index in [4.69, 9.17) is 4.74 Å². The topological polar surface area (TPSA) is 72.5 Å². The number of rotatable bonds is 4. The van der Waals surface area contributed by atoms with Crippen molar-refractivity contribution in [3.8, 4) is 0 Å². The van der Waals surface area contributed by atoms with Crippen LogP contribution in [0.5, 0.6) is 0 Å². The lowest BCUT2D eigenvalue weighted by molar-refractivity contribution is -0.144. The molecule has 116 valence electrons. The van der Waals surface area contributed by atoms with Gasteiger partial charge in [0.1, 0.15) is 6.61 Å². The van der Waals surface area contributed by atoms with Crippen molar-refractivity contribution in [2.75, 3.05) is 0 Å². The van der Waals surface area contributed by atoms with Gasteiger partial charge in [-0.1, -0.05) is 24.3 Å². The summed E-state index contributed by atoms with van der Waals surface area (Å²) < 4.78 is 6.34. The summed E-state index contributed by atoms with van der Waals surface area (Å²) in [6.07, 6.45) is -0.0474. The maximum atomic E-state index is 12.0. The zero-order valence-electron chi connectivity index (χ0n) is 12.0. The number of imide groups is 1. The van der Waals surface area contributed by atoms with Crippen LogP contribution in [0.15, 0.2) is 42.5 Å². The second-order valence-electron chi connectivity index (χ2n) is 5.09. The van der Waals surface area contributed by atoms with Crippen LogP contribution in [0.2, 0.25) is 0 Å². The highest BCUT2D eigenvalue weighted by Crippen LogP contribution is 2.21. The Kier molecular flexibility index (Phi) is 4.42. The van der Waals surface area contributed by atoms with E-state index < -0.39 is 17.8 Å². The standard InChI is InChI=1S/C17H12INO4/c18-12-6-4-10(5-7-12)9-23-14(20)8-11-2-1-3-13-15(11)17(22)19-16(13)21/h1-7H,8-9H2,(H,19,21,22). The minimum atomic E-state index is -0.467. The molecule has 1 N–H and O–H groups in total. The van der Waals surface area contributed by atoms with E-state index in [-0.39, 0.29) is 18.6 Å². The number of amides is 2. The minimum absolute atomic E-state index is 0.0474. The number of carbonyl (C=O) groups is 3. The number of halogens is 1. The number of fused-ring (bicyclic) bond motifs is 1. The van der Waals surface area contributed by atoms with Crippen LogP contribution in [0.25, 0.3) is 0 Å². The van der Waals surface area contributed by atoms with E-state index in [0.29, 0.717) is 11.1 Å². The molecule has 3 rings (SSSR count). The molecule has 2 aromatic carbocycles. The van der Waals surface area contributed by atoms with Gasteiger partial charge < -0.3 is 4.74 Å². The molecule has 1 heterocycles. The smallest absolute Gasteiger partial charge is 0.310 e. The van der Waals surface area contributed by atoms with Crippen molar-refractivity contribution in [2.24, 2.45) is 0 Å². The number of carbonyl (C=O) groups excluding carboxylic acids is 3. The highest BCUT2D eigenvalue weighted by Gasteiger charge is 2.29. The van der Waals surface area contributed by atoms with Gasteiger partial charge in [0.25, 0.3) is 11.8 Å². The second kappa shape index (κ2) is 6.49. The number of benzene rings is 2. The van der Waals surface area contributed by atoms with E-state index in [0.717, 1.165) is 9.13 Å². The molecule has 0 bridgehead atoms. The second-order valence-corrected chi connectivity index (χ2v) is 6.33. The summed E-state index contributed by atoms with van der Waals surface area (Å²) in [5, 5.41) is 2.23. The number of esters is 1. The number of hydrogen-bond donors (Lipinski definition) is 1. The van der Waals surface area contributed by atoms with Gasteiger partial charge in [-0.05, 0) is 51.9 Å². The Bertz CT molecular complexity index is 799. The Morgan fingerprint density at radius 2 is 1.78 bits per heavy atom. The van der Waals surface area contributed by atoms with Crippen LogP contribution in [0.4, 0.5) is 0 Å². The summed E-state index contributed by atoms with van der Waals surface area (Å²) in [5.74, 6) is -1.34. The summed E-state index contributed by atoms with van der Waals surface area (Å²) in [6.45, 7) is 0.176. The Hall–Kier alpha value is -2.22. The molecule has 0 fully saturated rings. The number of nitrogens with one attached hydrogen (secondary N) is 1. The monoisotopic (exact) mass is 421 g/mol. The maximum Gasteiger partial charge on any atom is 0.310 e. The lowest BCUT2D eigenvalue weighted by atomic mass is 10.0. The van der Waals surface area contributed by atoms with Gasteiger partial charge in [-0.15, -0.1) is 0 Å². The van der Waals surface area contributed by atoms with Gasteiger partial charge in [0.05, 0.1) is 17.5 Å². The summed E-state index contributed by atoms with van der Waals surface area (Å²) in [5.41, 5.74) is 1.96. The molecule has 5 nitrogen and oxygen atoms in total. The van der Waals surface area contributed by atoms with Crippen LogP contribution < -0.4 is 5.32 Å². The van der Waals surface area contributed by atoms with Gasteiger partial charge in [0.15, 0.2) is 0 Å². The first-order valence-electron chi connectivity index (χ1n) is 6.92. The van der Waals surface area contributed by atoms with Crippen molar-refractivity contribution < 1.29 is 19.1 Å². The van der Waals surface area contributed by atoms with Crippen LogP contribution in [0.1, 0.15) is 31.8 Å². The van der Waals surface area contributed by atoms with E-state index in [1.165, 1.54) is 0 Å². The van der Waals surface area contributed by atoms with Crippen molar-refractivity contribution in [3.05, 3.63) is 68.3 Å². The fourth-order valence-corrected chi connectivity index (χ4v) is 2.75. The first kappa shape index (κ1) is 15.7. The summed E-state index contributed by atoms with van der Waals surface area (Å²) in [6, 6.07) is 12.5. The van der Waals surface area contributed by atoms with Crippen molar-refractivity contribution in [1.82, 2.24) is 5.32 Å². The molecule has 0 aliphatic carbocycles. The lowest BCUT2D eigenvalue weighted by Gasteiger charge is -2.07. The molecule has 0 saturated heterocycles. The molecular formula is C17H12INO4. The molecule has 0 saturated carbocycles. The molecule has 0 radical (unpaired) electrons. The molecule has 0 atom stereocenters. The van der Waals surface area contributed by atoms with Crippen molar-refractivity contribution in [1.29, 1.82) is 0 Å². The summed E-state index contributed by atoms with van der Waals surface area (Å²) in [7, 11) is 0. The van der Waals surface area contributed by atoms with Crippen LogP contribution in [0, 0.1) is 3.57 Å². The fourth-order valence-electron chi connectivity index (χ4n) is 2.39. The molecule has 1 aliphatic rings. The van der Waals surface area contributed by atoms with Crippen molar-refractivity contribution >= 4 is 40.4 Å². The zero-order valence-corrected chi connectivity index (χ0v) is 14.1. The summed E-state index contributed by atoms with van der Waals surface area (Å²) >= 11 is 2.20.